The molecule has 10 nitrogen and oxygen atoms in total. The van der Waals surface area contributed by atoms with Crippen LogP contribution in [0.5, 0.6) is 0 Å². The predicted molar refractivity (Wildman–Crippen MR) is 121 cm³/mol. The third kappa shape index (κ3) is 4.66. The van der Waals surface area contributed by atoms with Gasteiger partial charge in [-0.3, -0.25) is 19.6 Å². The number of pyridine rings is 1. The number of nitrogens with zero attached hydrogens (tertiary/aromatic N) is 6. The lowest BCUT2D eigenvalue weighted by Gasteiger charge is -2.32. The third-order valence-electron chi connectivity index (χ3n) is 6.64. The normalized spacial score (nSPS) is 23.6. The van der Waals surface area contributed by atoms with E-state index in [1.165, 1.54) is 12.4 Å². The molecule has 0 radical (unpaired) electrons. The van der Waals surface area contributed by atoms with Crippen molar-refractivity contribution in [3.8, 4) is 11.4 Å². The number of hydrogen-bond acceptors (Lipinski definition) is 8. The minimum absolute atomic E-state index is 0.0293. The van der Waals surface area contributed by atoms with E-state index in [2.05, 4.69) is 30.4 Å². The van der Waals surface area contributed by atoms with E-state index in [9.17, 15) is 9.59 Å². The summed E-state index contributed by atoms with van der Waals surface area (Å²) in [6.45, 7) is 1.22. The molecule has 3 atom stereocenters. The van der Waals surface area contributed by atoms with Crippen LogP contribution in [0.2, 0.25) is 0 Å². The van der Waals surface area contributed by atoms with Crippen molar-refractivity contribution in [3.05, 3.63) is 54.7 Å². The van der Waals surface area contributed by atoms with Gasteiger partial charge in [0.15, 0.2) is 0 Å². The molecule has 10 heteroatoms. The van der Waals surface area contributed by atoms with E-state index in [4.69, 9.17) is 4.52 Å². The van der Waals surface area contributed by atoms with Crippen molar-refractivity contribution in [1.82, 2.24) is 35.3 Å². The molecule has 2 amide bonds. The molecule has 1 saturated carbocycles. The fraction of sp³-hybridized carbons (Fsp3) is 0.458. The van der Waals surface area contributed by atoms with Crippen LogP contribution in [0, 0.1) is 5.92 Å². The molecular formula is C24H27N7O3. The summed E-state index contributed by atoms with van der Waals surface area (Å²) in [4.78, 5) is 45.4. The first-order valence-corrected chi connectivity index (χ1v) is 11.8. The minimum Gasteiger partial charge on any atom is -0.356 e. The maximum Gasteiger partial charge on any atom is 0.274 e. The third-order valence-corrected chi connectivity index (χ3v) is 6.64. The van der Waals surface area contributed by atoms with Gasteiger partial charge in [0.05, 0.1) is 12.1 Å². The lowest BCUT2D eigenvalue weighted by molar-refractivity contribution is -0.126. The maximum atomic E-state index is 13.5. The molecule has 3 aromatic rings. The van der Waals surface area contributed by atoms with Crippen LogP contribution in [0.4, 0.5) is 0 Å². The minimum atomic E-state index is -0.363. The standard InChI is InChI=1S/C24H27N7O3/c32-22-18-12-17(23-29-21(30-34-23)16-6-5-7-25-14-16)13-20(18)31(11-4-2-1-3-8-28-22)24(33)19-15-26-9-10-27-19/h5-7,9-10,14-15,17-18,20H,1-4,8,11-13H2,(H,28,32)/t17-,18-,20+/m1/s1. The molecule has 34 heavy (non-hydrogen) atoms. The van der Waals surface area contributed by atoms with E-state index in [0.717, 1.165) is 31.2 Å². The van der Waals surface area contributed by atoms with Gasteiger partial charge in [-0.05, 0) is 37.8 Å². The molecule has 1 saturated heterocycles. The summed E-state index contributed by atoms with van der Waals surface area (Å²) in [5.41, 5.74) is 1.06. The largest absolute Gasteiger partial charge is 0.356 e. The Balaban J connectivity index is 1.44. The molecule has 4 heterocycles. The fourth-order valence-corrected chi connectivity index (χ4v) is 4.93. The molecule has 2 fully saturated rings. The number of rotatable bonds is 3. The van der Waals surface area contributed by atoms with E-state index in [0.29, 0.717) is 37.6 Å². The lowest BCUT2D eigenvalue weighted by atomic mass is 10.00. The van der Waals surface area contributed by atoms with Crippen LogP contribution < -0.4 is 5.32 Å². The molecule has 1 aliphatic carbocycles. The highest BCUT2D eigenvalue weighted by Gasteiger charge is 2.45. The molecule has 1 N–H and O–H groups in total. The predicted octanol–water partition coefficient (Wildman–Crippen LogP) is 2.62. The number of fused-ring (bicyclic) bond motifs is 1. The summed E-state index contributed by atoms with van der Waals surface area (Å²) >= 11 is 0. The molecule has 3 aromatic heterocycles. The SMILES string of the molecule is O=C1NCCCCCCN(C(=O)c2cnccn2)[C@H]2C[C@H](c3nc(-c4cccnc4)no3)C[C@@H]12. The second-order valence-electron chi connectivity index (χ2n) is 8.83. The van der Waals surface area contributed by atoms with Gasteiger partial charge in [0.1, 0.15) is 5.69 Å². The molecule has 0 bridgehead atoms. The Hall–Kier alpha value is -3.69. The van der Waals surface area contributed by atoms with Crippen LogP contribution in [0.25, 0.3) is 11.4 Å². The summed E-state index contributed by atoms with van der Waals surface area (Å²) in [6, 6.07) is 3.40. The van der Waals surface area contributed by atoms with Gasteiger partial charge < -0.3 is 14.7 Å². The summed E-state index contributed by atoms with van der Waals surface area (Å²) in [5, 5.41) is 7.20. The smallest absolute Gasteiger partial charge is 0.274 e. The van der Waals surface area contributed by atoms with Gasteiger partial charge in [-0.15, -0.1) is 0 Å². The Morgan fingerprint density at radius 3 is 2.76 bits per heavy atom. The summed E-state index contributed by atoms with van der Waals surface area (Å²) in [7, 11) is 0. The van der Waals surface area contributed by atoms with Gasteiger partial charge in [-0.1, -0.05) is 18.0 Å². The van der Waals surface area contributed by atoms with Gasteiger partial charge in [-0.2, -0.15) is 4.98 Å². The summed E-state index contributed by atoms with van der Waals surface area (Å²) < 4.78 is 5.61. The van der Waals surface area contributed by atoms with Crippen LogP contribution in [0.15, 0.2) is 47.6 Å². The van der Waals surface area contributed by atoms with Crippen LogP contribution in [-0.4, -0.2) is 60.9 Å². The van der Waals surface area contributed by atoms with Gasteiger partial charge in [0.25, 0.3) is 5.91 Å². The topological polar surface area (TPSA) is 127 Å². The highest BCUT2D eigenvalue weighted by molar-refractivity contribution is 5.93. The van der Waals surface area contributed by atoms with Crippen LogP contribution in [0.1, 0.15) is 60.8 Å². The van der Waals surface area contributed by atoms with E-state index >= 15 is 0 Å². The molecule has 176 valence electrons. The van der Waals surface area contributed by atoms with Crippen molar-refractivity contribution < 1.29 is 14.1 Å². The Morgan fingerprint density at radius 1 is 1.06 bits per heavy atom. The van der Waals surface area contributed by atoms with Gasteiger partial charge in [0.2, 0.25) is 17.6 Å². The van der Waals surface area contributed by atoms with Crippen LogP contribution in [-0.2, 0) is 4.79 Å². The number of carbonyl (C=O) groups excluding carboxylic acids is 2. The molecule has 0 aromatic carbocycles. The number of aromatic nitrogens is 5. The van der Waals surface area contributed by atoms with E-state index in [-0.39, 0.29) is 35.4 Å². The van der Waals surface area contributed by atoms with E-state index < -0.39 is 0 Å². The van der Waals surface area contributed by atoms with Crippen molar-refractivity contribution in [1.29, 1.82) is 0 Å². The first-order chi connectivity index (χ1) is 16.7. The van der Waals surface area contributed by atoms with Crippen LogP contribution in [0.3, 0.4) is 0 Å². The van der Waals surface area contributed by atoms with Crippen molar-refractivity contribution >= 4 is 11.8 Å². The second-order valence-corrected chi connectivity index (χ2v) is 8.83. The zero-order chi connectivity index (χ0) is 23.3. The fourth-order valence-electron chi connectivity index (χ4n) is 4.93. The number of carbonyl (C=O) groups is 2. The number of nitrogens with one attached hydrogen (secondary N) is 1. The number of amides is 2. The monoisotopic (exact) mass is 461 g/mol. The summed E-state index contributed by atoms with van der Waals surface area (Å²) in [5.74, 6) is 0.236. The zero-order valence-electron chi connectivity index (χ0n) is 18.8. The summed E-state index contributed by atoms with van der Waals surface area (Å²) in [6.07, 6.45) is 12.8. The Kier molecular flexibility index (Phi) is 6.55. The Bertz CT molecular complexity index is 1120. The average Bonchev–Trinajstić information content (AvgIpc) is 3.54. The zero-order valence-corrected chi connectivity index (χ0v) is 18.8. The Labute approximate surface area is 197 Å². The molecule has 0 unspecified atom stereocenters. The highest BCUT2D eigenvalue weighted by Crippen LogP contribution is 2.41. The molecule has 0 spiro atoms. The Morgan fingerprint density at radius 2 is 1.94 bits per heavy atom. The molecule has 5 rings (SSSR count). The van der Waals surface area contributed by atoms with Crippen LogP contribution >= 0.6 is 0 Å². The second kappa shape index (κ2) is 10.1. The van der Waals surface area contributed by atoms with Crippen molar-refractivity contribution in [2.75, 3.05) is 13.1 Å². The van der Waals surface area contributed by atoms with Crippen molar-refractivity contribution in [2.24, 2.45) is 5.92 Å². The molecular weight excluding hydrogens is 434 g/mol. The maximum absolute atomic E-state index is 13.5. The van der Waals surface area contributed by atoms with E-state index in [1.54, 1.807) is 18.6 Å². The highest BCUT2D eigenvalue weighted by atomic mass is 16.5. The first kappa shape index (κ1) is 22.1. The van der Waals surface area contributed by atoms with Gasteiger partial charge in [0, 0.05) is 55.4 Å². The lowest BCUT2D eigenvalue weighted by Crippen LogP contribution is -2.47. The van der Waals surface area contributed by atoms with Crippen molar-refractivity contribution in [3.63, 3.8) is 0 Å². The first-order valence-electron chi connectivity index (χ1n) is 11.8. The van der Waals surface area contributed by atoms with Gasteiger partial charge in [-0.25, -0.2) is 4.98 Å². The molecule has 2 aliphatic rings. The van der Waals surface area contributed by atoms with E-state index in [1.807, 2.05) is 17.0 Å². The average molecular weight is 462 g/mol. The molecule has 1 aliphatic heterocycles. The van der Waals surface area contributed by atoms with Gasteiger partial charge >= 0.3 is 0 Å². The van der Waals surface area contributed by atoms with Crippen molar-refractivity contribution in [2.45, 2.75) is 50.5 Å². The quantitative estimate of drug-likeness (QED) is 0.631. The number of hydrogen-bond donors (Lipinski definition) is 1.